The van der Waals surface area contributed by atoms with E-state index in [1.165, 1.54) is 16.4 Å². The zero-order valence-electron chi connectivity index (χ0n) is 15.0. The zero-order valence-corrected chi connectivity index (χ0v) is 15.8. The number of aromatic nitrogens is 1. The molecule has 2 heterocycles. The second kappa shape index (κ2) is 8.14. The highest BCUT2D eigenvalue weighted by atomic mass is 32.2. The van der Waals surface area contributed by atoms with E-state index in [9.17, 15) is 17.6 Å². The number of piperidine rings is 1. The molecule has 0 aliphatic carbocycles. The first kappa shape index (κ1) is 19.4. The van der Waals surface area contributed by atoms with Crippen LogP contribution in [-0.2, 0) is 14.8 Å². The van der Waals surface area contributed by atoms with Crippen molar-refractivity contribution in [3.8, 4) is 0 Å². The van der Waals surface area contributed by atoms with Crippen molar-refractivity contribution >= 4 is 15.9 Å². The molecule has 2 aromatic rings. The Kier molecular flexibility index (Phi) is 5.86. The first-order valence-electron chi connectivity index (χ1n) is 8.84. The van der Waals surface area contributed by atoms with Crippen molar-refractivity contribution in [3.05, 3.63) is 60.2 Å². The summed E-state index contributed by atoms with van der Waals surface area (Å²) in [6, 6.07) is 8.21. The van der Waals surface area contributed by atoms with Crippen molar-refractivity contribution in [1.82, 2.24) is 14.6 Å². The third kappa shape index (κ3) is 4.51. The molecule has 6 nitrogen and oxygen atoms in total. The summed E-state index contributed by atoms with van der Waals surface area (Å²) in [4.78, 5) is 16.7. The molecule has 2 atom stereocenters. The van der Waals surface area contributed by atoms with Gasteiger partial charge in [0.05, 0.1) is 16.9 Å². The molecule has 144 valence electrons. The highest BCUT2D eigenvalue weighted by Crippen LogP contribution is 2.25. The van der Waals surface area contributed by atoms with Gasteiger partial charge in [0.1, 0.15) is 5.82 Å². The third-order valence-electron chi connectivity index (χ3n) is 4.75. The van der Waals surface area contributed by atoms with E-state index in [4.69, 9.17) is 0 Å². The van der Waals surface area contributed by atoms with Crippen molar-refractivity contribution in [3.63, 3.8) is 0 Å². The number of hydrogen-bond donors (Lipinski definition) is 1. The molecule has 3 rings (SSSR count). The van der Waals surface area contributed by atoms with Gasteiger partial charge < -0.3 is 5.32 Å². The van der Waals surface area contributed by atoms with Crippen LogP contribution in [0.15, 0.2) is 53.7 Å². The molecule has 1 aromatic carbocycles. The Morgan fingerprint density at radius 2 is 2.04 bits per heavy atom. The number of sulfonamides is 1. The lowest BCUT2D eigenvalue weighted by atomic mass is 9.98. The quantitative estimate of drug-likeness (QED) is 0.849. The second-order valence-electron chi connectivity index (χ2n) is 6.67. The van der Waals surface area contributed by atoms with Crippen LogP contribution in [0.2, 0.25) is 0 Å². The van der Waals surface area contributed by atoms with Crippen molar-refractivity contribution in [2.45, 2.75) is 30.7 Å². The van der Waals surface area contributed by atoms with Crippen LogP contribution < -0.4 is 5.32 Å². The number of halogens is 1. The topological polar surface area (TPSA) is 79.4 Å². The largest absolute Gasteiger partial charge is 0.349 e. The van der Waals surface area contributed by atoms with Crippen LogP contribution in [0.5, 0.6) is 0 Å². The molecule has 1 aliphatic rings. The van der Waals surface area contributed by atoms with E-state index in [1.807, 2.05) is 13.0 Å². The summed E-state index contributed by atoms with van der Waals surface area (Å²) in [6.45, 7) is 2.33. The molecule has 1 aliphatic heterocycles. The average Bonchev–Trinajstić information content (AvgIpc) is 2.69. The van der Waals surface area contributed by atoms with Crippen molar-refractivity contribution < 1.29 is 17.6 Å². The summed E-state index contributed by atoms with van der Waals surface area (Å²) in [5.41, 5.74) is 0.887. The third-order valence-corrected chi connectivity index (χ3v) is 6.63. The molecule has 1 saturated heterocycles. The van der Waals surface area contributed by atoms with Gasteiger partial charge in [0.2, 0.25) is 15.9 Å². The molecule has 27 heavy (non-hydrogen) atoms. The Morgan fingerprint density at radius 3 is 2.70 bits per heavy atom. The summed E-state index contributed by atoms with van der Waals surface area (Å²) in [7, 11) is -3.75. The predicted octanol–water partition coefficient (Wildman–Crippen LogP) is 2.50. The Balaban J connectivity index is 1.68. The number of nitrogens with zero attached hydrogens (tertiary/aromatic N) is 2. The summed E-state index contributed by atoms with van der Waals surface area (Å²) in [5.74, 6) is -1.09. The van der Waals surface area contributed by atoms with Crippen LogP contribution in [0.3, 0.4) is 0 Å². The number of hydrogen-bond acceptors (Lipinski definition) is 4. The minimum Gasteiger partial charge on any atom is -0.349 e. The number of carbonyl (C=O) groups excluding carboxylic acids is 1. The van der Waals surface area contributed by atoms with E-state index in [0.29, 0.717) is 19.4 Å². The molecule has 0 bridgehead atoms. The standard InChI is InChI=1S/C19H22FN3O3S/c1-14(15-4-2-10-21-12-15)22-19(24)16-5-3-11-23(13-16)27(25,26)18-8-6-17(20)7-9-18/h2,4,6-10,12,14,16H,3,5,11,13H2,1H3,(H,22,24). The lowest BCUT2D eigenvalue weighted by Gasteiger charge is -2.31. The molecule has 1 aromatic heterocycles. The summed E-state index contributed by atoms with van der Waals surface area (Å²) in [5, 5.41) is 2.94. The van der Waals surface area contributed by atoms with Crippen molar-refractivity contribution in [1.29, 1.82) is 0 Å². The molecule has 0 spiro atoms. The smallest absolute Gasteiger partial charge is 0.243 e. The molecule has 0 saturated carbocycles. The van der Waals surface area contributed by atoms with Gasteiger partial charge in [-0.3, -0.25) is 9.78 Å². The van der Waals surface area contributed by atoms with Gasteiger partial charge in [0.25, 0.3) is 0 Å². The maximum absolute atomic E-state index is 13.1. The highest BCUT2D eigenvalue weighted by Gasteiger charge is 2.33. The summed E-state index contributed by atoms with van der Waals surface area (Å²) < 4.78 is 39.9. The van der Waals surface area contributed by atoms with Crippen molar-refractivity contribution in [2.75, 3.05) is 13.1 Å². The van der Waals surface area contributed by atoms with E-state index in [0.717, 1.165) is 17.7 Å². The fourth-order valence-electron chi connectivity index (χ4n) is 3.18. The Morgan fingerprint density at radius 1 is 1.30 bits per heavy atom. The van der Waals surface area contributed by atoms with E-state index in [2.05, 4.69) is 10.3 Å². The summed E-state index contributed by atoms with van der Waals surface area (Å²) in [6.07, 6.45) is 4.58. The maximum atomic E-state index is 13.1. The molecule has 0 radical (unpaired) electrons. The molecule has 8 heteroatoms. The highest BCUT2D eigenvalue weighted by molar-refractivity contribution is 7.89. The van der Waals surface area contributed by atoms with Crippen LogP contribution in [0.25, 0.3) is 0 Å². The SMILES string of the molecule is CC(NC(=O)C1CCCN(S(=O)(=O)c2ccc(F)cc2)C1)c1cccnc1. The molecule has 2 unspecified atom stereocenters. The van der Waals surface area contributed by atoms with E-state index >= 15 is 0 Å². The van der Waals surface area contributed by atoms with Gasteiger partial charge in [0, 0.05) is 25.5 Å². The van der Waals surface area contributed by atoms with Crippen LogP contribution >= 0.6 is 0 Å². The second-order valence-corrected chi connectivity index (χ2v) is 8.61. The van der Waals surface area contributed by atoms with Crippen LogP contribution in [-0.4, -0.2) is 36.7 Å². The molecular weight excluding hydrogens is 369 g/mol. The zero-order chi connectivity index (χ0) is 19.4. The minimum absolute atomic E-state index is 0.0358. The van der Waals surface area contributed by atoms with Gasteiger partial charge in [0.15, 0.2) is 0 Å². The molecule has 1 N–H and O–H groups in total. The average molecular weight is 391 g/mol. The fourth-order valence-corrected chi connectivity index (χ4v) is 4.70. The lowest BCUT2D eigenvalue weighted by Crippen LogP contribution is -2.45. The number of benzene rings is 1. The van der Waals surface area contributed by atoms with E-state index in [1.54, 1.807) is 18.5 Å². The molecular formula is C19H22FN3O3S. The van der Waals surface area contributed by atoms with Gasteiger partial charge in [-0.1, -0.05) is 6.07 Å². The summed E-state index contributed by atoms with van der Waals surface area (Å²) >= 11 is 0. The normalized spacial score (nSPS) is 19.4. The van der Waals surface area contributed by atoms with Gasteiger partial charge in [-0.2, -0.15) is 4.31 Å². The van der Waals surface area contributed by atoms with Gasteiger partial charge in [-0.25, -0.2) is 12.8 Å². The predicted molar refractivity (Wildman–Crippen MR) is 98.7 cm³/mol. The van der Waals surface area contributed by atoms with Gasteiger partial charge in [-0.15, -0.1) is 0 Å². The maximum Gasteiger partial charge on any atom is 0.243 e. The minimum atomic E-state index is -3.75. The number of pyridine rings is 1. The van der Waals surface area contributed by atoms with E-state index < -0.39 is 21.8 Å². The van der Waals surface area contributed by atoms with E-state index in [-0.39, 0.29) is 23.4 Å². The number of amides is 1. The van der Waals surface area contributed by atoms with Gasteiger partial charge in [-0.05, 0) is 55.7 Å². The fraction of sp³-hybridized carbons (Fsp3) is 0.368. The Labute approximate surface area is 158 Å². The monoisotopic (exact) mass is 391 g/mol. The number of nitrogens with one attached hydrogen (secondary N) is 1. The van der Waals surface area contributed by atoms with Crippen molar-refractivity contribution in [2.24, 2.45) is 5.92 Å². The lowest BCUT2D eigenvalue weighted by molar-refractivity contribution is -0.126. The Hall–Kier alpha value is -2.32. The first-order valence-corrected chi connectivity index (χ1v) is 10.3. The van der Waals surface area contributed by atoms with Crippen LogP contribution in [0.1, 0.15) is 31.4 Å². The molecule has 1 fully saturated rings. The van der Waals surface area contributed by atoms with Crippen LogP contribution in [0, 0.1) is 11.7 Å². The number of rotatable bonds is 5. The molecule has 1 amide bonds. The van der Waals surface area contributed by atoms with Crippen LogP contribution in [0.4, 0.5) is 4.39 Å². The number of carbonyl (C=O) groups is 1. The first-order chi connectivity index (χ1) is 12.9. The van der Waals surface area contributed by atoms with Gasteiger partial charge >= 0.3 is 0 Å². The Bertz CT molecular complexity index is 888.